The minimum atomic E-state index is 0.292. The van der Waals surface area contributed by atoms with Crippen molar-refractivity contribution in [2.75, 3.05) is 13.1 Å². The van der Waals surface area contributed by atoms with Gasteiger partial charge in [0.05, 0.1) is 0 Å². The number of carbonyl (C=O) groups is 1. The van der Waals surface area contributed by atoms with Gasteiger partial charge in [0.15, 0.2) is 0 Å². The first-order valence-electron chi connectivity index (χ1n) is 9.79. The molecule has 3 rings (SSSR count). The van der Waals surface area contributed by atoms with Gasteiger partial charge in [-0.25, -0.2) is 0 Å². The van der Waals surface area contributed by atoms with E-state index in [-0.39, 0.29) is 0 Å². The topological polar surface area (TPSA) is 20.3 Å². The Morgan fingerprint density at radius 1 is 1.00 bits per heavy atom. The van der Waals surface area contributed by atoms with Crippen LogP contribution in [0.25, 0.3) is 11.1 Å². The fraction of sp³-hybridized carbons (Fsp3) is 0.375. The molecule has 1 amide bonds. The van der Waals surface area contributed by atoms with Crippen LogP contribution in [-0.2, 0) is 11.2 Å². The van der Waals surface area contributed by atoms with E-state index in [2.05, 4.69) is 61.2 Å². The summed E-state index contributed by atoms with van der Waals surface area (Å²) in [6.45, 7) is 5.54. The first-order chi connectivity index (χ1) is 12.8. The Hall–Kier alpha value is -2.35. The summed E-state index contributed by atoms with van der Waals surface area (Å²) in [5, 5.41) is 0. The number of piperidine rings is 1. The van der Waals surface area contributed by atoms with Gasteiger partial charge >= 0.3 is 0 Å². The third-order valence-corrected chi connectivity index (χ3v) is 5.43. The number of amides is 1. The molecule has 136 valence electrons. The maximum Gasteiger partial charge on any atom is 0.222 e. The number of benzene rings is 2. The first-order valence-corrected chi connectivity index (χ1v) is 9.79. The molecule has 1 aliphatic rings. The summed E-state index contributed by atoms with van der Waals surface area (Å²) in [6, 6.07) is 19.5. The minimum Gasteiger partial charge on any atom is -0.343 e. The standard InChI is InChI=1S/C24H29NO/c1-2-3-9-24(26)25-18-16-21(17-19-25)11-10-20-12-14-23(15-13-20)22-7-5-4-6-8-22/h2,4-8,12-15,21H,1,3,9-11,16-19H2. The molecule has 1 heterocycles. The van der Waals surface area contributed by atoms with Crippen LogP contribution in [0.2, 0.25) is 0 Å². The van der Waals surface area contributed by atoms with Crippen LogP contribution >= 0.6 is 0 Å². The lowest BCUT2D eigenvalue weighted by Gasteiger charge is -2.32. The molecule has 1 aliphatic heterocycles. The molecule has 0 spiro atoms. The Morgan fingerprint density at radius 2 is 1.65 bits per heavy atom. The highest BCUT2D eigenvalue weighted by Gasteiger charge is 2.21. The lowest BCUT2D eigenvalue weighted by Crippen LogP contribution is -2.38. The number of aryl methyl sites for hydroxylation is 1. The third-order valence-electron chi connectivity index (χ3n) is 5.43. The quantitative estimate of drug-likeness (QED) is 0.606. The number of likely N-dealkylation sites (tertiary alicyclic amines) is 1. The van der Waals surface area contributed by atoms with E-state index in [0.717, 1.165) is 44.7 Å². The Balaban J connectivity index is 1.44. The van der Waals surface area contributed by atoms with E-state index in [4.69, 9.17) is 0 Å². The smallest absolute Gasteiger partial charge is 0.222 e. The van der Waals surface area contributed by atoms with E-state index in [9.17, 15) is 4.79 Å². The zero-order valence-electron chi connectivity index (χ0n) is 15.6. The van der Waals surface area contributed by atoms with Gasteiger partial charge < -0.3 is 4.90 Å². The molecule has 2 aromatic rings. The van der Waals surface area contributed by atoms with E-state index >= 15 is 0 Å². The second-order valence-electron chi connectivity index (χ2n) is 7.25. The van der Waals surface area contributed by atoms with Gasteiger partial charge in [-0.1, -0.05) is 60.7 Å². The third kappa shape index (κ3) is 5.08. The van der Waals surface area contributed by atoms with Gasteiger partial charge in [-0.2, -0.15) is 0 Å². The highest BCUT2D eigenvalue weighted by Crippen LogP contribution is 2.24. The van der Waals surface area contributed by atoms with E-state index in [1.54, 1.807) is 0 Å². The van der Waals surface area contributed by atoms with Crippen molar-refractivity contribution in [3.63, 3.8) is 0 Å². The average molecular weight is 348 g/mol. The summed E-state index contributed by atoms with van der Waals surface area (Å²) >= 11 is 0. The van der Waals surface area contributed by atoms with Gasteiger partial charge in [-0.05, 0) is 54.7 Å². The molecule has 2 nitrogen and oxygen atoms in total. The summed E-state index contributed by atoms with van der Waals surface area (Å²) in [6.07, 6.45) is 7.86. The SMILES string of the molecule is C=CCCC(=O)N1CCC(CCc2ccc(-c3ccccc3)cc2)CC1. The predicted molar refractivity (Wildman–Crippen MR) is 109 cm³/mol. The molecular formula is C24H29NO. The number of rotatable bonds is 7. The molecule has 0 saturated carbocycles. The van der Waals surface area contributed by atoms with Crippen molar-refractivity contribution in [2.45, 2.75) is 38.5 Å². The fourth-order valence-electron chi connectivity index (χ4n) is 3.72. The molecule has 0 atom stereocenters. The van der Waals surface area contributed by atoms with Crippen molar-refractivity contribution < 1.29 is 4.79 Å². The zero-order valence-corrected chi connectivity index (χ0v) is 15.6. The Kier molecular flexibility index (Phi) is 6.65. The highest BCUT2D eigenvalue weighted by atomic mass is 16.2. The molecule has 0 unspecified atom stereocenters. The average Bonchev–Trinajstić information content (AvgIpc) is 2.72. The Labute approximate surface area is 157 Å². The predicted octanol–water partition coefficient (Wildman–Crippen LogP) is 5.49. The highest BCUT2D eigenvalue weighted by molar-refractivity contribution is 5.76. The van der Waals surface area contributed by atoms with Crippen LogP contribution in [0.5, 0.6) is 0 Å². The van der Waals surface area contributed by atoms with E-state index in [1.807, 2.05) is 11.0 Å². The van der Waals surface area contributed by atoms with Gasteiger partial charge in [0.1, 0.15) is 0 Å². The van der Waals surface area contributed by atoms with Gasteiger partial charge in [-0.3, -0.25) is 4.79 Å². The molecular weight excluding hydrogens is 318 g/mol. The Morgan fingerprint density at radius 3 is 2.31 bits per heavy atom. The molecule has 26 heavy (non-hydrogen) atoms. The molecule has 0 aliphatic carbocycles. The van der Waals surface area contributed by atoms with Crippen LogP contribution in [0.15, 0.2) is 67.3 Å². The lowest BCUT2D eigenvalue weighted by atomic mass is 9.90. The molecule has 0 bridgehead atoms. The molecule has 2 aromatic carbocycles. The van der Waals surface area contributed by atoms with Crippen molar-refractivity contribution in [1.29, 1.82) is 0 Å². The van der Waals surface area contributed by atoms with Crippen LogP contribution in [0.1, 0.15) is 37.7 Å². The number of hydrogen-bond acceptors (Lipinski definition) is 1. The number of nitrogens with zero attached hydrogens (tertiary/aromatic N) is 1. The van der Waals surface area contributed by atoms with Crippen molar-refractivity contribution in [1.82, 2.24) is 4.90 Å². The molecule has 0 radical (unpaired) electrons. The van der Waals surface area contributed by atoms with Crippen molar-refractivity contribution in [2.24, 2.45) is 5.92 Å². The molecule has 1 fully saturated rings. The summed E-state index contributed by atoms with van der Waals surface area (Å²) < 4.78 is 0. The Bertz CT molecular complexity index is 697. The summed E-state index contributed by atoms with van der Waals surface area (Å²) in [5.41, 5.74) is 3.96. The van der Waals surface area contributed by atoms with Crippen molar-refractivity contribution in [3.05, 3.63) is 72.8 Å². The molecule has 0 N–H and O–H groups in total. The van der Waals surface area contributed by atoms with E-state index < -0.39 is 0 Å². The van der Waals surface area contributed by atoms with Crippen molar-refractivity contribution >= 4 is 5.91 Å². The fourth-order valence-corrected chi connectivity index (χ4v) is 3.72. The second-order valence-corrected chi connectivity index (χ2v) is 7.25. The molecule has 0 aromatic heterocycles. The minimum absolute atomic E-state index is 0.292. The van der Waals surface area contributed by atoms with Gasteiger partial charge in [-0.15, -0.1) is 6.58 Å². The number of allylic oxidation sites excluding steroid dienone is 1. The number of carbonyl (C=O) groups excluding carboxylic acids is 1. The number of hydrogen-bond donors (Lipinski definition) is 0. The van der Waals surface area contributed by atoms with Gasteiger partial charge in [0.25, 0.3) is 0 Å². The second kappa shape index (κ2) is 9.38. The summed E-state index contributed by atoms with van der Waals surface area (Å²) in [7, 11) is 0. The summed E-state index contributed by atoms with van der Waals surface area (Å²) in [4.78, 5) is 14.1. The van der Waals surface area contributed by atoms with Crippen LogP contribution in [0, 0.1) is 5.92 Å². The monoisotopic (exact) mass is 347 g/mol. The van der Waals surface area contributed by atoms with E-state index in [1.165, 1.54) is 23.1 Å². The van der Waals surface area contributed by atoms with E-state index in [0.29, 0.717) is 12.3 Å². The van der Waals surface area contributed by atoms with Crippen molar-refractivity contribution in [3.8, 4) is 11.1 Å². The normalized spacial score (nSPS) is 15.0. The lowest BCUT2D eigenvalue weighted by molar-refractivity contribution is -0.132. The van der Waals surface area contributed by atoms with Crippen LogP contribution in [0.4, 0.5) is 0 Å². The largest absolute Gasteiger partial charge is 0.343 e. The van der Waals surface area contributed by atoms with Gasteiger partial charge in [0, 0.05) is 19.5 Å². The van der Waals surface area contributed by atoms with Gasteiger partial charge in [0.2, 0.25) is 5.91 Å². The summed E-state index contributed by atoms with van der Waals surface area (Å²) in [5.74, 6) is 1.03. The zero-order chi connectivity index (χ0) is 18.2. The molecule has 1 saturated heterocycles. The van der Waals surface area contributed by atoms with Crippen LogP contribution in [-0.4, -0.2) is 23.9 Å². The molecule has 2 heteroatoms. The first kappa shape index (κ1) is 18.4. The maximum absolute atomic E-state index is 12.1. The maximum atomic E-state index is 12.1. The van der Waals surface area contributed by atoms with Crippen LogP contribution in [0.3, 0.4) is 0 Å². The van der Waals surface area contributed by atoms with Crippen LogP contribution < -0.4 is 0 Å².